The van der Waals surface area contributed by atoms with E-state index in [1.54, 1.807) is 0 Å². The molecule has 0 aromatic heterocycles. The summed E-state index contributed by atoms with van der Waals surface area (Å²) in [6, 6.07) is 59.6. The minimum atomic E-state index is -1.37. The van der Waals surface area contributed by atoms with Crippen LogP contribution in [0.4, 0.5) is 0 Å². The zero-order valence-electron chi connectivity index (χ0n) is 35.3. The van der Waals surface area contributed by atoms with Gasteiger partial charge in [0, 0.05) is 0 Å². The topological polar surface area (TPSA) is 103 Å². The van der Waals surface area contributed by atoms with Gasteiger partial charge in [-0.05, 0) is 33.4 Å². The van der Waals surface area contributed by atoms with Crippen molar-refractivity contribution in [1.29, 1.82) is 0 Å². The number of ether oxygens (including phenoxy) is 9. The Morgan fingerprint density at radius 2 is 0.635 bits per heavy atom. The molecule has 0 spiro atoms. The third-order valence-corrected chi connectivity index (χ3v) is 11.1. The van der Waals surface area contributed by atoms with E-state index in [-0.39, 0.29) is 33.0 Å². The van der Waals surface area contributed by atoms with Gasteiger partial charge in [-0.25, -0.2) is 0 Å². The number of aliphatic hydroxyl groups excluding tert-OH is 1. The molecule has 0 radical (unpaired) electrons. The predicted molar refractivity (Wildman–Crippen MR) is 237 cm³/mol. The number of hydrogen-bond donors (Lipinski definition) is 1. The molecule has 63 heavy (non-hydrogen) atoms. The van der Waals surface area contributed by atoms with Gasteiger partial charge in [0.1, 0.15) is 42.7 Å². The highest BCUT2D eigenvalue weighted by Gasteiger charge is 2.51. The van der Waals surface area contributed by atoms with Crippen molar-refractivity contribution in [2.75, 3.05) is 13.2 Å². The Kier molecular flexibility index (Phi) is 16.7. The Morgan fingerprint density at radius 3 is 1.05 bits per heavy atom. The van der Waals surface area contributed by atoms with Gasteiger partial charge in [0.2, 0.25) is 0 Å². The molecule has 0 saturated carbocycles. The summed E-state index contributed by atoms with van der Waals surface area (Å²) in [7, 11) is 0. The summed E-state index contributed by atoms with van der Waals surface area (Å²) in [5.41, 5.74) is 5.94. The Morgan fingerprint density at radius 1 is 0.317 bits per heavy atom. The van der Waals surface area contributed by atoms with Crippen molar-refractivity contribution in [2.45, 2.75) is 94.9 Å². The van der Waals surface area contributed by atoms with E-state index in [0.29, 0.717) is 19.8 Å². The predicted octanol–water partition coefficient (Wildman–Crippen LogP) is 8.59. The first-order valence-corrected chi connectivity index (χ1v) is 21.7. The van der Waals surface area contributed by atoms with E-state index in [1.807, 2.05) is 182 Å². The first kappa shape index (κ1) is 44.5. The molecule has 6 aromatic carbocycles. The van der Waals surface area contributed by atoms with Gasteiger partial charge in [0.05, 0.1) is 52.9 Å². The number of aliphatic hydroxyl groups is 1. The Balaban J connectivity index is 1.05. The van der Waals surface area contributed by atoms with Gasteiger partial charge in [0.25, 0.3) is 0 Å². The van der Waals surface area contributed by atoms with Crippen molar-refractivity contribution in [3.05, 3.63) is 215 Å². The maximum absolute atomic E-state index is 11.8. The lowest BCUT2D eigenvalue weighted by Gasteiger charge is -2.44. The van der Waals surface area contributed by atoms with Crippen LogP contribution in [-0.4, -0.2) is 73.6 Å². The van der Waals surface area contributed by atoms with E-state index in [4.69, 9.17) is 42.6 Å². The van der Waals surface area contributed by atoms with Crippen LogP contribution in [0.1, 0.15) is 33.4 Å². The standard InChI is InChI=1S/C53H56O10/c54-52-50(59-35-43-27-15-5-16-28-43)49(58-34-42-25-13-4-14-26-42)47(56-32-40-21-9-2-10-22-40)46(62-52)38-61-53-51(60-36-44-29-17-6-18-30-44)48(57-33-41-23-11-3-12-24-41)45(63-53)37-55-31-39-19-7-1-8-20-39/h1-30,45-54H,31-38H2/t45?,46-,47-,48?,49+,50-,51?,52+,53?/m1/s1. The molecule has 8 rings (SSSR count). The van der Waals surface area contributed by atoms with E-state index in [0.717, 1.165) is 33.4 Å². The summed E-state index contributed by atoms with van der Waals surface area (Å²) < 4.78 is 59.4. The molecule has 0 amide bonds. The van der Waals surface area contributed by atoms with Crippen LogP contribution in [0.3, 0.4) is 0 Å². The normalized spacial score (nSPS) is 24.6. The lowest BCUT2D eigenvalue weighted by molar-refractivity contribution is -0.323. The smallest absolute Gasteiger partial charge is 0.187 e. The molecule has 2 aliphatic heterocycles. The molecule has 2 saturated heterocycles. The zero-order chi connectivity index (χ0) is 42.9. The van der Waals surface area contributed by atoms with Crippen LogP contribution < -0.4 is 0 Å². The van der Waals surface area contributed by atoms with Crippen molar-refractivity contribution < 1.29 is 47.7 Å². The van der Waals surface area contributed by atoms with Gasteiger partial charge in [-0.1, -0.05) is 182 Å². The van der Waals surface area contributed by atoms with Crippen LogP contribution in [0.2, 0.25) is 0 Å². The monoisotopic (exact) mass is 852 g/mol. The van der Waals surface area contributed by atoms with Crippen molar-refractivity contribution >= 4 is 0 Å². The summed E-state index contributed by atoms with van der Waals surface area (Å²) >= 11 is 0. The molecule has 328 valence electrons. The summed E-state index contributed by atoms with van der Waals surface area (Å²) in [6.45, 7) is 1.99. The Bertz CT molecular complexity index is 2150. The van der Waals surface area contributed by atoms with Crippen LogP contribution in [-0.2, 0) is 82.3 Å². The van der Waals surface area contributed by atoms with Crippen molar-refractivity contribution in [2.24, 2.45) is 0 Å². The molecule has 10 heteroatoms. The SMILES string of the molecule is O[C@H]1O[C@H](COC2OC(COCc3ccccc3)C(OCc3ccccc3)C2OCc2ccccc2)[C@@H](OCc2ccccc2)[C@H](OCc2ccccc2)[C@H]1OCc1ccccc1. The number of hydrogen-bond acceptors (Lipinski definition) is 10. The maximum Gasteiger partial charge on any atom is 0.187 e. The Labute approximate surface area is 370 Å². The highest BCUT2D eigenvalue weighted by atomic mass is 16.7. The van der Waals surface area contributed by atoms with Crippen LogP contribution in [0, 0.1) is 0 Å². The molecule has 0 aliphatic carbocycles. The second-order valence-electron chi connectivity index (χ2n) is 15.7. The average Bonchev–Trinajstić information content (AvgIpc) is 3.67. The quantitative estimate of drug-likeness (QED) is 0.0715. The molecule has 2 aliphatic rings. The largest absolute Gasteiger partial charge is 0.374 e. The average molecular weight is 853 g/mol. The summed E-state index contributed by atoms with van der Waals surface area (Å²) in [4.78, 5) is 0. The van der Waals surface area contributed by atoms with E-state index in [2.05, 4.69) is 0 Å². The molecule has 6 aromatic rings. The highest BCUT2D eigenvalue weighted by Crippen LogP contribution is 2.33. The minimum Gasteiger partial charge on any atom is -0.374 e. The lowest BCUT2D eigenvalue weighted by Crippen LogP contribution is -2.61. The first-order valence-electron chi connectivity index (χ1n) is 21.7. The fourth-order valence-electron chi connectivity index (χ4n) is 7.83. The summed E-state index contributed by atoms with van der Waals surface area (Å²) in [5.74, 6) is 0. The van der Waals surface area contributed by atoms with Crippen LogP contribution in [0.5, 0.6) is 0 Å². The fraction of sp³-hybridized carbons (Fsp3) is 0.321. The third-order valence-electron chi connectivity index (χ3n) is 11.1. The van der Waals surface area contributed by atoms with E-state index in [1.165, 1.54) is 0 Å². The molecule has 2 fully saturated rings. The van der Waals surface area contributed by atoms with Gasteiger partial charge < -0.3 is 47.7 Å². The first-order chi connectivity index (χ1) is 31.2. The van der Waals surface area contributed by atoms with E-state index >= 15 is 0 Å². The third kappa shape index (κ3) is 13.0. The summed E-state index contributed by atoms with van der Waals surface area (Å²) in [5, 5.41) is 11.8. The van der Waals surface area contributed by atoms with Gasteiger partial charge in [-0.15, -0.1) is 0 Å². The van der Waals surface area contributed by atoms with Gasteiger partial charge in [-0.3, -0.25) is 0 Å². The van der Waals surface area contributed by atoms with Crippen molar-refractivity contribution in [3.63, 3.8) is 0 Å². The molecule has 0 bridgehead atoms. The molecule has 2 heterocycles. The molecule has 9 atom stereocenters. The second kappa shape index (κ2) is 23.6. The van der Waals surface area contributed by atoms with Crippen LogP contribution >= 0.6 is 0 Å². The number of benzene rings is 6. The van der Waals surface area contributed by atoms with Gasteiger partial charge in [-0.2, -0.15) is 0 Å². The lowest BCUT2D eigenvalue weighted by atomic mass is 9.98. The maximum atomic E-state index is 11.8. The van der Waals surface area contributed by atoms with Crippen LogP contribution in [0.15, 0.2) is 182 Å². The second-order valence-corrected chi connectivity index (χ2v) is 15.7. The van der Waals surface area contributed by atoms with E-state index < -0.39 is 55.3 Å². The van der Waals surface area contributed by atoms with Crippen molar-refractivity contribution in [3.8, 4) is 0 Å². The molecular weight excluding hydrogens is 797 g/mol. The Hall–Kier alpha value is -5.08. The van der Waals surface area contributed by atoms with Gasteiger partial charge in [0.15, 0.2) is 12.6 Å². The molecule has 10 nitrogen and oxygen atoms in total. The zero-order valence-corrected chi connectivity index (χ0v) is 35.3. The van der Waals surface area contributed by atoms with Crippen LogP contribution in [0.25, 0.3) is 0 Å². The number of rotatable bonds is 22. The molecular formula is C53H56O10. The van der Waals surface area contributed by atoms with E-state index in [9.17, 15) is 5.11 Å². The highest BCUT2D eigenvalue weighted by molar-refractivity contribution is 5.18. The minimum absolute atomic E-state index is 0.0357. The fourth-order valence-corrected chi connectivity index (χ4v) is 7.83. The van der Waals surface area contributed by atoms with Gasteiger partial charge >= 0.3 is 0 Å². The summed E-state index contributed by atoms with van der Waals surface area (Å²) in [6.07, 6.45) is -7.22. The van der Waals surface area contributed by atoms with Crippen molar-refractivity contribution in [1.82, 2.24) is 0 Å². The molecule has 1 N–H and O–H groups in total. The molecule has 4 unspecified atom stereocenters.